The van der Waals surface area contributed by atoms with Crippen molar-refractivity contribution in [1.82, 2.24) is 14.9 Å². The van der Waals surface area contributed by atoms with Crippen LogP contribution >= 0.6 is 0 Å². The highest BCUT2D eigenvalue weighted by molar-refractivity contribution is 5.39. The van der Waals surface area contributed by atoms with Crippen LogP contribution in [0.5, 0.6) is 0 Å². The van der Waals surface area contributed by atoms with Crippen molar-refractivity contribution in [3.8, 4) is 0 Å². The highest BCUT2D eigenvalue weighted by atomic mass is 16.3. The van der Waals surface area contributed by atoms with Crippen LogP contribution in [0.1, 0.15) is 5.76 Å². The third-order valence-electron chi connectivity index (χ3n) is 2.52. The van der Waals surface area contributed by atoms with Crippen molar-refractivity contribution >= 4 is 11.8 Å². The topological polar surface area (TPSA) is 66.2 Å². The molecular weight excluding hydrogens is 242 g/mol. The standard InChI is InChI=1S/C13H19N5O/c1-18(2)8-7-14-12-5-6-15-13(17-12)16-10-11-4-3-9-19-11/h3-6,9H,7-8,10H2,1-2H3,(H2,14,15,16,17). The number of hydrogen-bond acceptors (Lipinski definition) is 6. The molecule has 0 unspecified atom stereocenters. The third-order valence-corrected chi connectivity index (χ3v) is 2.52. The molecule has 0 saturated carbocycles. The zero-order valence-corrected chi connectivity index (χ0v) is 11.3. The first-order valence-corrected chi connectivity index (χ1v) is 6.22. The van der Waals surface area contributed by atoms with Gasteiger partial charge in [-0.15, -0.1) is 0 Å². The Bertz CT molecular complexity index is 484. The molecule has 0 bridgehead atoms. The van der Waals surface area contributed by atoms with E-state index in [9.17, 15) is 0 Å². The summed E-state index contributed by atoms with van der Waals surface area (Å²) < 4.78 is 5.24. The molecule has 2 heterocycles. The van der Waals surface area contributed by atoms with Crippen LogP contribution in [0.25, 0.3) is 0 Å². The Hall–Kier alpha value is -2.08. The van der Waals surface area contributed by atoms with Crippen LogP contribution in [0.15, 0.2) is 35.1 Å². The van der Waals surface area contributed by atoms with E-state index in [0.717, 1.165) is 24.7 Å². The van der Waals surface area contributed by atoms with Gasteiger partial charge in [0.05, 0.1) is 12.8 Å². The predicted octanol–water partition coefficient (Wildman–Crippen LogP) is 1.66. The maximum Gasteiger partial charge on any atom is 0.224 e. The largest absolute Gasteiger partial charge is 0.467 e. The average Bonchev–Trinajstić information content (AvgIpc) is 2.89. The Morgan fingerprint density at radius 2 is 2.16 bits per heavy atom. The fourth-order valence-electron chi connectivity index (χ4n) is 1.53. The van der Waals surface area contributed by atoms with Gasteiger partial charge in [-0.3, -0.25) is 0 Å². The van der Waals surface area contributed by atoms with E-state index in [1.165, 1.54) is 0 Å². The number of nitrogens with one attached hydrogen (secondary N) is 2. The van der Waals surface area contributed by atoms with E-state index in [4.69, 9.17) is 4.42 Å². The van der Waals surface area contributed by atoms with Crippen molar-refractivity contribution in [2.75, 3.05) is 37.8 Å². The number of hydrogen-bond donors (Lipinski definition) is 2. The molecule has 2 N–H and O–H groups in total. The van der Waals surface area contributed by atoms with Crippen LogP contribution < -0.4 is 10.6 Å². The molecule has 0 spiro atoms. The quantitative estimate of drug-likeness (QED) is 0.790. The summed E-state index contributed by atoms with van der Waals surface area (Å²) in [6.07, 6.45) is 3.38. The molecule has 0 aliphatic rings. The molecular formula is C13H19N5O. The van der Waals surface area contributed by atoms with E-state index in [-0.39, 0.29) is 0 Å². The molecule has 0 aliphatic heterocycles. The summed E-state index contributed by atoms with van der Waals surface area (Å²) in [7, 11) is 4.08. The fraction of sp³-hybridized carbons (Fsp3) is 0.385. The van der Waals surface area contributed by atoms with E-state index in [1.54, 1.807) is 12.5 Å². The molecule has 0 saturated heterocycles. The average molecular weight is 261 g/mol. The van der Waals surface area contributed by atoms with Crippen molar-refractivity contribution in [1.29, 1.82) is 0 Å². The van der Waals surface area contributed by atoms with Crippen LogP contribution in [0, 0.1) is 0 Å². The highest BCUT2D eigenvalue weighted by Crippen LogP contribution is 2.07. The SMILES string of the molecule is CN(C)CCNc1ccnc(NCc2ccco2)n1. The Labute approximate surface area is 112 Å². The highest BCUT2D eigenvalue weighted by Gasteiger charge is 2.00. The normalized spacial score (nSPS) is 10.7. The van der Waals surface area contributed by atoms with Crippen LogP contribution in [0.3, 0.4) is 0 Å². The van der Waals surface area contributed by atoms with Crippen LogP contribution in [0.4, 0.5) is 11.8 Å². The molecule has 0 fully saturated rings. The molecule has 2 aromatic rings. The lowest BCUT2D eigenvalue weighted by atomic mass is 10.4. The van der Waals surface area contributed by atoms with Gasteiger partial charge in [0.1, 0.15) is 11.6 Å². The van der Waals surface area contributed by atoms with Gasteiger partial charge in [-0.1, -0.05) is 0 Å². The fourth-order valence-corrected chi connectivity index (χ4v) is 1.53. The molecule has 0 amide bonds. The number of anilines is 2. The molecule has 0 aliphatic carbocycles. The van der Waals surface area contributed by atoms with Crippen molar-refractivity contribution in [2.45, 2.75) is 6.54 Å². The first-order valence-electron chi connectivity index (χ1n) is 6.22. The number of nitrogens with zero attached hydrogens (tertiary/aromatic N) is 3. The second kappa shape index (κ2) is 6.75. The minimum atomic E-state index is 0.578. The second-order valence-electron chi connectivity index (χ2n) is 4.43. The van der Waals surface area contributed by atoms with Gasteiger partial charge in [0.15, 0.2) is 0 Å². The van der Waals surface area contributed by atoms with Gasteiger partial charge < -0.3 is 20.0 Å². The lowest BCUT2D eigenvalue weighted by Crippen LogP contribution is -2.21. The number of furan rings is 1. The first-order chi connectivity index (χ1) is 9.24. The van der Waals surface area contributed by atoms with Gasteiger partial charge in [0.25, 0.3) is 0 Å². The van der Waals surface area contributed by atoms with E-state index >= 15 is 0 Å². The Morgan fingerprint density at radius 1 is 1.26 bits per heavy atom. The molecule has 102 valence electrons. The van der Waals surface area contributed by atoms with E-state index in [0.29, 0.717) is 12.5 Å². The molecule has 0 radical (unpaired) electrons. The van der Waals surface area contributed by atoms with Crippen LogP contribution in [0.2, 0.25) is 0 Å². The second-order valence-corrected chi connectivity index (χ2v) is 4.43. The third kappa shape index (κ3) is 4.59. The smallest absolute Gasteiger partial charge is 0.224 e. The van der Waals surface area contributed by atoms with Crippen molar-refractivity contribution in [3.05, 3.63) is 36.4 Å². The monoisotopic (exact) mass is 261 g/mol. The zero-order valence-electron chi connectivity index (χ0n) is 11.3. The zero-order chi connectivity index (χ0) is 13.5. The lowest BCUT2D eigenvalue weighted by molar-refractivity contribution is 0.425. The summed E-state index contributed by atoms with van der Waals surface area (Å²) in [6.45, 7) is 2.38. The first kappa shape index (κ1) is 13.4. The molecule has 19 heavy (non-hydrogen) atoms. The molecule has 2 aromatic heterocycles. The maximum absolute atomic E-state index is 5.24. The van der Waals surface area contributed by atoms with Crippen LogP contribution in [-0.2, 0) is 6.54 Å². The summed E-state index contributed by atoms with van der Waals surface area (Å²) in [5, 5.41) is 6.37. The van der Waals surface area contributed by atoms with Crippen molar-refractivity contribution < 1.29 is 4.42 Å². The minimum absolute atomic E-state index is 0.578. The summed E-state index contributed by atoms with van der Waals surface area (Å²) in [5.41, 5.74) is 0. The Balaban J connectivity index is 1.84. The van der Waals surface area contributed by atoms with E-state index < -0.39 is 0 Å². The van der Waals surface area contributed by atoms with Gasteiger partial charge in [-0.25, -0.2) is 4.98 Å². The van der Waals surface area contributed by atoms with E-state index in [2.05, 4.69) is 25.5 Å². The van der Waals surface area contributed by atoms with Gasteiger partial charge in [0.2, 0.25) is 5.95 Å². The summed E-state index contributed by atoms with van der Waals surface area (Å²) in [4.78, 5) is 10.7. The Morgan fingerprint density at radius 3 is 2.89 bits per heavy atom. The number of likely N-dealkylation sites (N-methyl/N-ethyl adjacent to an activating group) is 1. The summed E-state index contributed by atoms with van der Waals surface area (Å²) >= 11 is 0. The number of rotatable bonds is 7. The minimum Gasteiger partial charge on any atom is -0.467 e. The predicted molar refractivity (Wildman–Crippen MR) is 75.1 cm³/mol. The lowest BCUT2D eigenvalue weighted by Gasteiger charge is -2.11. The van der Waals surface area contributed by atoms with Gasteiger partial charge in [0, 0.05) is 19.3 Å². The van der Waals surface area contributed by atoms with Crippen molar-refractivity contribution in [3.63, 3.8) is 0 Å². The van der Waals surface area contributed by atoms with Gasteiger partial charge in [-0.2, -0.15) is 4.98 Å². The number of aromatic nitrogens is 2. The maximum atomic E-state index is 5.24. The van der Waals surface area contributed by atoms with Crippen LogP contribution in [-0.4, -0.2) is 42.1 Å². The Kier molecular flexibility index (Phi) is 4.74. The molecule has 0 aromatic carbocycles. The summed E-state index contributed by atoms with van der Waals surface area (Å²) in [5.74, 6) is 2.26. The van der Waals surface area contributed by atoms with Gasteiger partial charge >= 0.3 is 0 Å². The molecule has 0 atom stereocenters. The summed E-state index contributed by atoms with van der Waals surface area (Å²) in [6, 6.07) is 5.62. The van der Waals surface area contributed by atoms with Crippen molar-refractivity contribution in [2.24, 2.45) is 0 Å². The molecule has 2 rings (SSSR count). The molecule has 6 heteroatoms. The van der Waals surface area contributed by atoms with Gasteiger partial charge in [-0.05, 0) is 32.3 Å². The van der Waals surface area contributed by atoms with E-state index in [1.807, 2.05) is 32.3 Å². The molecule has 6 nitrogen and oxygen atoms in total.